The van der Waals surface area contributed by atoms with Crippen LogP contribution >= 0.6 is 0 Å². The van der Waals surface area contributed by atoms with Gasteiger partial charge in [-0.2, -0.15) is 0 Å². The average molecular weight is 289 g/mol. The number of nitrogens with zero attached hydrogens (tertiary/aromatic N) is 2. The Balaban J connectivity index is 1.98. The number of ether oxygens (including phenoxy) is 2. The number of anilines is 1. The lowest BCUT2D eigenvalue weighted by Gasteiger charge is -2.15. The van der Waals surface area contributed by atoms with E-state index in [0.717, 1.165) is 42.5 Å². The summed E-state index contributed by atoms with van der Waals surface area (Å²) in [7, 11) is 1.78. The fraction of sp³-hybridized carbons (Fsp3) is 0.562. The summed E-state index contributed by atoms with van der Waals surface area (Å²) in [5.41, 5.74) is 8.10. The van der Waals surface area contributed by atoms with Gasteiger partial charge in [-0.15, -0.1) is 0 Å². The summed E-state index contributed by atoms with van der Waals surface area (Å²) in [6.07, 6.45) is 4.45. The summed E-state index contributed by atoms with van der Waals surface area (Å²) in [5.74, 6) is 1.39. The van der Waals surface area contributed by atoms with Gasteiger partial charge in [-0.05, 0) is 37.8 Å². The van der Waals surface area contributed by atoms with Gasteiger partial charge < -0.3 is 19.8 Å². The largest absolute Gasteiger partial charge is 0.491 e. The maximum Gasteiger partial charge on any atom is 0.201 e. The molecule has 21 heavy (non-hydrogen) atoms. The number of hydrogen-bond acceptors (Lipinski definition) is 4. The van der Waals surface area contributed by atoms with Crippen LogP contribution in [-0.2, 0) is 4.74 Å². The quantitative estimate of drug-likeness (QED) is 0.918. The Hall–Kier alpha value is -1.75. The number of aromatic nitrogens is 2. The van der Waals surface area contributed by atoms with E-state index in [1.807, 2.05) is 12.1 Å². The Kier molecular flexibility index (Phi) is 4.01. The van der Waals surface area contributed by atoms with E-state index in [1.54, 1.807) is 7.11 Å². The van der Waals surface area contributed by atoms with Crippen molar-refractivity contribution in [1.82, 2.24) is 9.55 Å². The fourth-order valence-corrected chi connectivity index (χ4v) is 3.19. The van der Waals surface area contributed by atoms with E-state index in [4.69, 9.17) is 15.2 Å². The number of fused-ring (bicyclic) bond motifs is 1. The zero-order valence-electron chi connectivity index (χ0n) is 12.7. The van der Waals surface area contributed by atoms with Gasteiger partial charge in [0.05, 0.1) is 18.2 Å². The molecule has 1 aliphatic rings. The van der Waals surface area contributed by atoms with Crippen LogP contribution in [0.5, 0.6) is 5.75 Å². The highest BCUT2D eigenvalue weighted by atomic mass is 16.5. The summed E-state index contributed by atoms with van der Waals surface area (Å²) >= 11 is 0. The molecule has 1 aromatic carbocycles. The molecule has 5 heteroatoms. The van der Waals surface area contributed by atoms with Gasteiger partial charge >= 0.3 is 0 Å². The molecular formula is C16H23N3O2. The summed E-state index contributed by atoms with van der Waals surface area (Å²) < 4.78 is 13.4. The molecular weight excluding hydrogens is 266 g/mol. The van der Waals surface area contributed by atoms with Crippen molar-refractivity contribution in [2.75, 3.05) is 19.5 Å². The molecule has 0 radical (unpaired) electrons. The molecule has 0 amide bonds. The minimum atomic E-state index is 0.325. The molecule has 2 unspecified atom stereocenters. The number of imidazole rings is 1. The molecule has 1 saturated carbocycles. The second kappa shape index (κ2) is 5.93. The third-order valence-corrected chi connectivity index (χ3v) is 4.23. The van der Waals surface area contributed by atoms with Crippen LogP contribution in [0.4, 0.5) is 5.95 Å². The van der Waals surface area contributed by atoms with Crippen LogP contribution in [0.2, 0.25) is 0 Å². The zero-order chi connectivity index (χ0) is 14.8. The standard InChI is InChI=1S/C16H23N3O2/c1-3-9-21-14-6-4-5-13-15(14)18-16(17)19(13)11-7-8-12(10-11)20-2/h4-6,11-12H,3,7-10H2,1-2H3,(H2,17,18). The lowest BCUT2D eigenvalue weighted by molar-refractivity contribution is 0.106. The van der Waals surface area contributed by atoms with Crippen LogP contribution in [-0.4, -0.2) is 29.4 Å². The molecule has 2 atom stereocenters. The normalized spacial score (nSPS) is 22.0. The van der Waals surface area contributed by atoms with E-state index in [2.05, 4.69) is 22.5 Å². The first-order valence-corrected chi connectivity index (χ1v) is 7.66. The van der Waals surface area contributed by atoms with Gasteiger partial charge in [0.25, 0.3) is 0 Å². The molecule has 1 fully saturated rings. The van der Waals surface area contributed by atoms with Crippen LogP contribution in [0.3, 0.4) is 0 Å². The van der Waals surface area contributed by atoms with Crippen molar-refractivity contribution in [2.24, 2.45) is 0 Å². The lowest BCUT2D eigenvalue weighted by atomic mass is 10.2. The molecule has 0 spiro atoms. The highest BCUT2D eigenvalue weighted by Crippen LogP contribution is 2.37. The minimum absolute atomic E-state index is 0.325. The van der Waals surface area contributed by atoms with E-state index < -0.39 is 0 Å². The van der Waals surface area contributed by atoms with Gasteiger partial charge in [-0.3, -0.25) is 0 Å². The molecule has 2 N–H and O–H groups in total. The summed E-state index contributed by atoms with van der Waals surface area (Å²) in [6, 6.07) is 6.40. The predicted octanol–water partition coefficient (Wildman–Crippen LogP) is 3.15. The van der Waals surface area contributed by atoms with Crippen molar-refractivity contribution < 1.29 is 9.47 Å². The van der Waals surface area contributed by atoms with Crippen LogP contribution in [0.25, 0.3) is 11.0 Å². The Morgan fingerprint density at radius 1 is 1.38 bits per heavy atom. The fourth-order valence-electron chi connectivity index (χ4n) is 3.19. The number of para-hydroxylation sites is 1. The van der Waals surface area contributed by atoms with Crippen LogP contribution in [0.1, 0.15) is 38.6 Å². The first-order chi connectivity index (χ1) is 10.2. The molecule has 0 saturated heterocycles. The second-order valence-electron chi connectivity index (χ2n) is 5.64. The molecule has 5 nitrogen and oxygen atoms in total. The van der Waals surface area contributed by atoms with Crippen LogP contribution in [0.15, 0.2) is 18.2 Å². The van der Waals surface area contributed by atoms with Crippen molar-refractivity contribution in [3.8, 4) is 5.75 Å². The van der Waals surface area contributed by atoms with Crippen molar-refractivity contribution in [1.29, 1.82) is 0 Å². The highest BCUT2D eigenvalue weighted by molar-refractivity contribution is 5.84. The summed E-state index contributed by atoms with van der Waals surface area (Å²) in [5, 5.41) is 0. The third kappa shape index (κ3) is 2.58. The Morgan fingerprint density at radius 3 is 2.95 bits per heavy atom. The smallest absolute Gasteiger partial charge is 0.201 e. The van der Waals surface area contributed by atoms with Gasteiger partial charge in [0.2, 0.25) is 5.95 Å². The second-order valence-corrected chi connectivity index (χ2v) is 5.64. The Morgan fingerprint density at radius 2 is 2.24 bits per heavy atom. The first kappa shape index (κ1) is 14.2. The number of nitrogen functional groups attached to an aromatic ring is 1. The molecule has 3 rings (SSSR count). The van der Waals surface area contributed by atoms with Crippen LogP contribution in [0, 0.1) is 0 Å². The summed E-state index contributed by atoms with van der Waals surface area (Å²) in [4.78, 5) is 4.54. The van der Waals surface area contributed by atoms with Crippen molar-refractivity contribution in [3.05, 3.63) is 18.2 Å². The van der Waals surface area contributed by atoms with Gasteiger partial charge in [0, 0.05) is 13.2 Å². The molecule has 1 heterocycles. The van der Waals surface area contributed by atoms with Gasteiger partial charge in [-0.25, -0.2) is 4.98 Å². The molecule has 0 bridgehead atoms. The number of rotatable bonds is 5. The lowest BCUT2D eigenvalue weighted by Crippen LogP contribution is -2.11. The van der Waals surface area contributed by atoms with E-state index in [9.17, 15) is 0 Å². The highest BCUT2D eigenvalue weighted by Gasteiger charge is 2.28. The maximum atomic E-state index is 6.17. The number of nitrogens with two attached hydrogens (primary N) is 1. The maximum absolute atomic E-state index is 6.17. The molecule has 0 aliphatic heterocycles. The van der Waals surface area contributed by atoms with Crippen molar-refractivity contribution in [2.45, 2.75) is 44.8 Å². The van der Waals surface area contributed by atoms with Gasteiger partial charge in [-0.1, -0.05) is 13.0 Å². The molecule has 1 aromatic heterocycles. The van der Waals surface area contributed by atoms with E-state index in [1.165, 1.54) is 0 Å². The topological polar surface area (TPSA) is 62.3 Å². The molecule has 1 aliphatic carbocycles. The number of benzene rings is 1. The van der Waals surface area contributed by atoms with Gasteiger partial charge in [0.1, 0.15) is 11.3 Å². The van der Waals surface area contributed by atoms with E-state index in [-0.39, 0.29) is 0 Å². The number of methoxy groups -OCH3 is 1. The van der Waals surface area contributed by atoms with Crippen molar-refractivity contribution in [3.63, 3.8) is 0 Å². The van der Waals surface area contributed by atoms with E-state index in [0.29, 0.717) is 24.7 Å². The average Bonchev–Trinajstić information content (AvgIpc) is 3.08. The Labute approximate surface area is 125 Å². The monoisotopic (exact) mass is 289 g/mol. The molecule has 114 valence electrons. The predicted molar refractivity (Wildman–Crippen MR) is 83.6 cm³/mol. The minimum Gasteiger partial charge on any atom is -0.491 e. The summed E-state index contributed by atoms with van der Waals surface area (Å²) in [6.45, 7) is 2.79. The van der Waals surface area contributed by atoms with Crippen LogP contribution < -0.4 is 10.5 Å². The van der Waals surface area contributed by atoms with Gasteiger partial charge in [0.15, 0.2) is 0 Å². The SMILES string of the molecule is CCCOc1cccc2c1nc(N)n2C1CCC(OC)C1. The van der Waals surface area contributed by atoms with Crippen molar-refractivity contribution >= 4 is 17.0 Å². The zero-order valence-corrected chi connectivity index (χ0v) is 12.7. The first-order valence-electron chi connectivity index (χ1n) is 7.66. The third-order valence-electron chi connectivity index (χ3n) is 4.23. The number of hydrogen-bond donors (Lipinski definition) is 1. The molecule has 2 aromatic rings. The Bertz CT molecular complexity index is 623. The van der Waals surface area contributed by atoms with E-state index >= 15 is 0 Å².